The van der Waals surface area contributed by atoms with E-state index in [1.165, 1.54) is 0 Å². The zero-order valence-corrected chi connectivity index (χ0v) is 18.7. The molecule has 0 radical (unpaired) electrons. The van der Waals surface area contributed by atoms with Gasteiger partial charge in [-0.2, -0.15) is 5.10 Å². The SMILES string of the molecule is COc1cccc(-c2cc(-c3cccnc3)nn2CCNC(=O)C2CC(C(C)C)NN2)c1. The number of rotatable bonds is 8. The van der Waals surface area contributed by atoms with Gasteiger partial charge < -0.3 is 10.1 Å². The maximum absolute atomic E-state index is 12.6. The number of nitrogens with zero attached hydrogens (tertiary/aromatic N) is 3. The molecule has 1 aromatic carbocycles. The number of benzene rings is 1. The summed E-state index contributed by atoms with van der Waals surface area (Å²) in [6, 6.07) is 13.9. The summed E-state index contributed by atoms with van der Waals surface area (Å²) in [7, 11) is 1.66. The largest absolute Gasteiger partial charge is 0.497 e. The number of carbonyl (C=O) groups is 1. The third kappa shape index (κ3) is 4.98. The van der Waals surface area contributed by atoms with Crippen molar-refractivity contribution in [2.24, 2.45) is 5.92 Å². The van der Waals surface area contributed by atoms with Crippen LogP contribution in [0.4, 0.5) is 0 Å². The highest BCUT2D eigenvalue weighted by Crippen LogP contribution is 2.28. The molecule has 0 bridgehead atoms. The van der Waals surface area contributed by atoms with Gasteiger partial charge in [-0.3, -0.25) is 19.9 Å². The van der Waals surface area contributed by atoms with Gasteiger partial charge in [0.25, 0.3) is 0 Å². The van der Waals surface area contributed by atoms with E-state index in [1.54, 1.807) is 19.5 Å². The average molecular weight is 435 g/mol. The highest BCUT2D eigenvalue weighted by atomic mass is 16.5. The number of hydrazine groups is 1. The molecule has 2 unspecified atom stereocenters. The number of aromatic nitrogens is 3. The number of carbonyl (C=O) groups excluding carboxylic acids is 1. The van der Waals surface area contributed by atoms with Crippen molar-refractivity contribution in [1.82, 2.24) is 30.9 Å². The molecule has 3 heterocycles. The molecule has 8 nitrogen and oxygen atoms in total. The molecular formula is C24H30N6O2. The van der Waals surface area contributed by atoms with Crippen molar-refractivity contribution >= 4 is 5.91 Å². The average Bonchev–Trinajstić information content (AvgIpc) is 3.48. The summed E-state index contributed by atoms with van der Waals surface area (Å²) < 4.78 is 7.32. The smallest absolute Gasteiger partial charge is 0.238 e. The van der Waals surface area contributed by atoms with Crippen LogP contribution in [-0.4, -0.2) is 46.4 Å². The molecule has 1 amide bonds. The third-order valence-corrected chi connectivity index (χ3v) is 5.78. The molecule has 8 heteroatoms. The van der Waals surface area contributed by atoms with Crippen LogP contribution in [0, 0.1) is 5.92 Å². The molecular weight excluding hydrogens is 404 g/mol. The van der Waals surface area contributed by atoms with Crippen molar-refractivity contribution in [2.45, 2.75) is 38.9 Å². The number of methoxy groups -OCH3 is 1. The topological polar surface area (TPSA) is 93.1 Å². The molecule has 1 aliphatic rings. The Labute approximate surface area is 188 Å². The van der Waals surface area contributed by atoms with Gasteiger partial charge in [0.15, 0.2) is 0 Å². The van der Waals surface area contributed by atoms with Crippen molar-refractivity contribution < 1.29 is 9.53 Å². The minimum absolute atomic E-state index is 0.00298. The van der Waals surface area contributed by atoms with Crippen molar-refractivity contribution in [2.75, 3.05) is 13.7 Å². The molecule has 32 heavy (non-hydrogen) atoms. The molecule has 1 fully saturated rings. The maximum atomic E-state index is 12.6. The number of hydrogen-bond acceptors (Lipinski definition) is 6. The van der Waals surface area contributed by atoms with Crippen LogP contribution >= 0.6 is 0 Å². The van der Waals surface area contributed by atoms with Crippen molar-refractivity contribution in [3.8, 4) is 28.3 Å². The van der Waals surface area contributed by atoms with Crippen LogP contribution in [0.3, 0.4) is 0 Å². The molecule has 168 valence electrons. The highest BCUT2D eigenvalue weighted by molar-refractivity contribution is 5.82. The molecule has 0 aliphatic carbocycles. The van der Waals surface area contributed by atoms with Crippen molar-refractivity contribution in [3.63, 3.8) is 0 Å². The molecule has 3 N–H and O–H groups in total. The molecule has 2 aromatic heterocycles. The Bertz CT molecular complexity index is 1050. The van der Waals surface area contributed by atoms with Crippen molar-refractivity contribution in [3.05, 3.63) is 54.9 Å². The van der Waals surface area contributed by atoms with Crippen LogP contribution in [-0.2, 0) is 11.3 Å². The van der Waals surface area contributed by atoms with Gasteiger partial charge in [0, 0.05) is 36.1 Å². The first kappa shape index (κ1) is 22.0. The van der Waals surface area contributed by atoms with E-state index in [1.807, 2.05) is 47.1 Å². The van der Waals surface area contributed by atoms with E-state index in [4.69, 9.17) is 9.84 Å². The normalized spacial score (nSPS) is 18.1. The lowest BCUT2D eigenvalue weighted by Crippen LogP contribution is -2.44. The number of pyridine rings is 1. The second-order valence-electron chi connectivity index (χ2n) is 8.33. The summed E-state index contributed by atoms with van der Waals surface area (Å²) in [4.78, 5) is 16.8. The van der Waals surface area contributed by atoms with Gasteiger partial charge in [0.2, 0.25) is 5.91 Å². The molecule has 0 saturated carbocycles. The number of hydrogen-bond donors (Lipinski definition) is 3. The Morgan fingerprint density at radius 2 is 2.06 bits per heavy atom. The number of nitrogens with one attached hydrogen (secondary N) is 3. The van der Waals surface area contributed by atoms with E-state index in [0.29, 0.717) is 25.0 Å². The lowest BCUT2D eigenvalue weighted by molar-refractivity contribution is -0.122. The van der Waals surface area contributed by atoms with Crippen LogP contribution in [0.1, 0.15) is 20.3 Å². The van der Waals surface area contributed by atoms with E-state index in [0.717, 1.165) is 34.7 Å². The Morgan fingerprint density at radius 3 is 2.78 bits per heavy atom. The standard InChI is InChI=1S/C24H30N6O2/c1-16(2)20-13-22(28-27-20)24(31)26-10-11-30-23(17-6-4-8-19(12-17)32-3)14-21(29-30)18-7-5-9-25-15-18/h4-9,12,14-16,20,22,27-28H,10-11,13H2,1-3H3,(H,26,31). The van der Waals surface area contributed by atoms with Gasteiger partial charge in [-0.15, -0.1) is 0 Å². The second-order valence-corrected chi connectivity index (χ2v) is 8.33. The van der Waals surface area contributed by atoms with Crippen LogP contribution in [0.5, 0.6) is 5.75 Å². The molecule has 3 aromatic rings. The lowest BCUT2D eigenvalue weighted by Gasteiger charge is -2.13. The fourth-order valence-corrected chi connectivity index (χ4v) is 3.86. The fourth-order valence-electron chi connectivity index (χ4n) is 3.86. The summed E-state index contributed by atoms with van der Waals surface area (Å²) in [6.07, 6.45) is 4.33. The van der Waals surface area contributed by atoms with Crippen LogP contribution in [0.2, 0.25) is 0 Å². The first-order valence-corrected chi connectivity index (χ1v) is 11.0. The first-order valence-electron chi connectivity index (χ1n) is 11.0. The number of amides is 1. The third-order valence-electron chi connectivity index (χ3n) is 5.78. The molecule has 1 saturated heterocycles. The monoisotopic (exact) mass is 434 g/mol. The summed E-state index contributed by atoms with van der Waals surface area (Å²) in [6.45, 7) is 5.33. The van der Waals surface area contributed by atoms with E-state index in [-0.39, 0.29) is 11.9 Å². The first-order chi connectivity index (χ1) is 15.5. The van der Waals surface area contributed by atoms with Gasteiger partial charge in [0.1, 0.15) is 11.8 Å². The van der Waals surface area contributed by atoms with Crippen LogP contribution < -0.4 is 20.9 Å². The van der Waals surface area contributed by atoms with Crippen LogP contribution in [0.15, 0.2) is 54.9 Å². The summed E-state index contributed by atoms with van der Waals surface area (Å²) >= 11 is 0. The van der Waals surface area contributed by atoms with Gasteiger partial charge in [-0.05, 0) is 42.7 Å². The predicted molar refractivity (Wildman–Crippen MR) is 124 cm³/mol. The zero-order chi connectivity index (χ0) is 22.5. The quantitative estimate of drug-likeness (QED) is 0.505. The summed E-state index contributed by atoms with van der Waals surface area (Å²) in [5.41, 5.74) is 10.1. The predicted octanol–water partition coefficient (Wildman–Crippen LogP) is 2.63. The minimum atomic E-state index is -0.219. The molecule has 4 rings (SSSR count). The Kier molecular flexibility index (Phi) is 6.82. The second kappa shape index (κ2) is 9.93. The summed E-state index contributed by atoms with van der Waals surface area (Å²) in [5.74, 6) is 1.26. The van der Waals surface area contributed by atoms with E-state index in [2.05, 4.69) is 35.0 Å². The maximum Gasteiger partial charge on any atom is 0.238 e. The zero-order valence-electron chi connectivity index (χ0n) is 18.7. The summed E-state index contributed by atoms with van der Waals surface area (Å²) in [5, 5.41) is 7.84. The molecule has 0 spiro atoms. The van der Waals surface area contributed by atoms with Gasteiger partial charge in [0.05, 0.1) is 25.0 Å². The van der Waals surface area contributed by atoms with Gasteiger partial charge in [-0.1, -0.05) is 26.0 Å². The highest BCUT2D eigenvalue weighted by Gasteiger charge is 2.30. The minimum Gasteiger partial charge on any atom is -0.497 e. The molecule has 1 aliphatic heterocycles. The Balaban J connectivity index is 1.49. The Hall–Kier alpha value is -3.23. The van der Waals surface area contributed by atoms with Gasteiger partial charge >= 0.3 is 0 Å². The van der Waals surface area contributed by atoms with Gasteiger partial charge in [-0.25, -0.2) is 5.43 Å². The van der Waals surface area contributed by atoms with E-state index < -0.39 is 0 Å². The van der Waals surface area contributed by atoms with E-state index in [9.17, 15) is 4.79 Å². The Morgan fingerprint density at radius 1 is 1.22 bits per heavy atom. The van der Waals surface area contributed by atoms with E-state index >= 15 is 0 Å². The van der Waals surface area contributed by atoms with Crippen LogP contribution in [0.25, 0.3) is 22.5 Å². The fraction of sp³-hybridized carbons (Fsp3) is 0.375. The lowest BCUT2D eigenvalue weighted by atomic mass is 9.99. The molecule has 2 atom stereocenters. The van der Waals surface area contributed by atoms with Crippen molar-refractivity contribution in [1.29, 1.82) is 0 Å². The number of ether oxygens (including phenoxy) is 1.